The molecule has 1 saturated carbocycles. The van der Waals surface area contributed by atoms with Gasteiger partial charge in [0.1, 0.15) is 5.52 Å². The fourth-order valence-electron chi connectivity index (χ4n) is 1.73. The summed E-state index contributed by atoms with van der Waals surface area (Å²) in [4.78, 5) is 10.3. The third-order valence-electron chi connectivity index (χ3n) is 2.70. The van der Waals surface area contributed by atoms with Crippen LogP contribution in [0.25, 0.3) is 10.9 Å². The first-order valence-electron chi connectivity index (χ1n) is 4.98. The molecule has 6 heteroatoms. The van der Waals surface area contributed by atoms with Crippen molar-refractivity contribution in [1.29, 1.82) is 0 Å². The topological polar surface area (TPSA) is 61.0 Å². The number of nitrogens with zero attached hydrogens (tertiary/aromatic N) is 3. The van der Waals surface area contributed by atoms with Crippen molar-refractivity contribution in [3.05, 3.63) is 32.9 Å². The third kappa shape index (κ3) is 1.49. The first-order chi connectivity index (χ1) is 7.65. The summed E-state index contributed by atoms with van der Waals surface area (Å²) in [5.41, 5.74) is 0.882. The first kappa shape index (κ1) is 9.77. The summed E-state index contributed by atoms with van der Waals surface area (Å²) in [5.74, 6) is 0. The molecule has 0 unspecified atom stereocenters. The Morgan fingerprint density at radius 2 is 2.25 bits per heavy atom. The summed E-state index contributed by atoms with van der Waals surface area (Å²) in [6.07, 6.45) is 4.17. The fourth-order valence-corrected chi connectivity index (χ4v) is 2.27. The molecular formula is C10H8BrN3O2. The molecule has 1 aromatic heterocycles. The second-order valence-electron chi connectivity index (χ2n) is 3.96. The number of benzene rings is 1. The van der Waals surface area contributed by atoms with Crippen LogP contribution in [0.3, 0.4) is 0 Å². The van der Waals surface area contributed by atoms with E-state index in [1.807, 2.05) is 10.9 Å². The molecule has 0 aliphatic heterocycles. The molecule has 0 radical (unpaired) electrons. The minimum Gasteiger partial charge on any atom is -0.268 e. The van der Waals surface area contributed by atoms with Gasteiger partial charge in [-0.3, -0.25) is 14.8 Å². The molecule has 1 aromatic carbocycles. The van der Waals surface area contributed by atoms with Crippen molar-refractivity contribution in [3.63, 3.8) is 0 Å². The number of non-ortho nitro benzene ring substituents is 1. The van der Waals surface area contributed by atoms with Crippen molar-refractivity contribution in [3.8, 4) is 0 Å². The number of aromatic nitrogens is 2. The molecule has 0 amide bonds. The van der Waals surface area contributed by atoms with E-state index in [-0.39, 0.29) is 5.69 Å². The quantitative estimate of drug-likeness (QED) is 0.628. The van der Waals surface area contributed by atoms with Crippen LogP contribution >= 0.6 is 15.9 Å². The molecule has 2 aromatic rings. The van der Waals surface area contributed by atoms with Crippen molar-refractivity contribution in [2.24, 2.45) is 0 Å². The van der Waals surface area contributed by atoms with Gasteiger partial charge in [-0.05, 0) is 28.8 Å². The number of hydrogen-bond acceptors (Lipinski definition) is 3. The average molecular weight is 282 g/mol. The summed E-state index contributed by atoms with van der Waals surface area (Å²) >= 11 is 3.32. The van der Waals surface area contributed by atoms with Crippen molar-refractivity contribution < 1.29 is 4.92 Å². The Labute approximate surface area is 99.3 Å². The van der Waals surface area contributed by atoms with Gasteiger partial charge in [0.05, 0.1) is 15.4 Å². The number of rotatable bonds is 2. The van der Waals surface area contributed by atoms with Gasteiger partial charge in [0.15, 0.2) is 0 Å². The Hall–Kier alpha value is -1.43. The van der Waals surface area contributed by atoms with Gasteiger partial charge in [0.2, 0.25) is 0 Å². The number of nitro groups is 1. The number of hydrogen-bond donors (Lipinski definition) is 0. The molecule has 16 heavy (non-hydrogen) atoms. The van der Waals surface area contributed by atoms with Gasteiger partial charge in [-0.25, -0.2) is 0 Å². The van der Waals surface area contributed by atoms with Crippen LogP contribution in [0.4, 0.5) is 5.69 Å². The molecule has 0 bridgehead atoms. The smallest absolute Gasteiger partial charge is 0.268 e. The van der Waals surface area contributed by atoms with E-state index in [0.29, 0.717) is 10.5 Å². The van der Waals surface area contributed by atoms with Crippen LogP contribution in [0.2, 0.25) is 0 Å². The van der Waals surface area contributed by atoms with Crippen LogP contribution in [0.5, 0.6) is 0 Å². The zero-order valence-corrected chi connectivity index (χ0v) is 9.85. The van der Waals surface area contributed by atoms with E-state index in [9.17, 15) is 10.1 Å². The lowest BCUT2D eigenvalue weighted by Gasteiger charge is -1.94. The highest BCUT2D eigenvalue weighted by Crippen LogP contribution is 2.36. The predicted molar refractivity (Wildman–Crippen MR) is 62.4 cm³/mol. The van der Waals surface area contributed by atoms with E-state index in [1.54, 1.807) is 6.07 Å². The SMILES string of the molecule is O=[N+]([O-])c1cc(Br)c2nn(C3CC3)cc2c1. The van der Waals surface area contributed by atoms with Crippen LogP contribution in [-0.4, -0.2) is 14.7 Å². The zero-order chi connectivity index (χ0) is 11.3. The van der Waals surface area contributed by atoms with Crippen LogP contribution < -0.4 is 0 Å². The van der Waals surface area contributed by atoms with Crippen molar-refractivity contribution in [2.75, 3.05) is 0 Å². The molecule has 0 saturated heterocycles. The number of halogens is 1. The number of fused-ring (bicyclic) bond motifs is 1. The Bertz CT molecular complexity index is 589. The molecule has 5 nitrogen and oxygen atoms in total. The van der Waals surface area contributed by atoms with Crippen molar-refractivity contribution in [1.82, 2.24) is 9.78 Å². The van der Waals surface area contributed by atoms with Crippen LogP contribution in [0.15, 0.2) is 22.8 Å². The van der Waals surface area contributed by atoms with Gasteiger partial charge in [-0.1, -0.05) is 0 Å². The monoisotopic (exact) mass is 281 g/mol. The average Bonchev–Trinajstić information content (AvgIpc) is 2.98. The summed E-state index contributed by atoms with van der Waals surface area (Å²) in [6.45, 7) is 0. The van der Waals surface area contributed by atoms with E-state index in [1.165, 1.54) is 6.07 Å². The highest BCUT2D eigenvalue weighted by Gasteiger charge is 2.25. The van der Waals surface area contributed by atoms with Crippen molar-refractivity contribution >= 4 is 32.5 Å². The molecular weight excluding hydrogens is 274 g/mol. The molecule has 1 aliphatic carbocycles. The maximum atomic E-state index is 10.7. The molecule has 0 N–H and O–H groups in total. The minimum absolute atomic E-state index is 0.0923. The van der Waals surface area contributed by atoms with Gasteiger partial charge >= 0.3 is 0 Å². The maximum Gasteiger partial charge on any atom is 0.271 e. The van der Waals surface area contributed by atoms with Crippen LogP contribution in [-0.2, 0) is 0 Å². The Kier molecular flexibility index (Phi) is 2.00. The number of nitro benzene ring substituents is 1. The normalized spacial score (nSPS) is 15.6. The lowest BCUT2D eigenvalue weighted by atomic mass is 10.2. The highest BCUT2D eigenvalue weighted by molar-refractivity contribution is 9.10. The molecule has 0 spiro atoms. The van der Waals surface area contributed by atoms with Crippen LogP contribution in [0.1, 0.15) is 18.9 Å². The first-order valence-corrected chi connectivity index (χ1v) is 5.77. The zero-order valence-electron chi connectivity index (χ0n) is 8.26. The Morgan fingerprint density at radius 3 is 2.88 bits per heavy atom. The molecule has 1 fully saturated rings. The molecule has 3 rings (SSSR count). The fraction of sp³-hybridized carbons (Fsp3) is 0.300. The lowest BCUT2D eigenvalue weighted by molar-refractivity contribution is -0.384. The summed E-state index contributed by atoms with van der Waals surface area (Å²) < 4.78 is 2.58. The minimum atomic E-state index is -0.390. The second-order valence-corrected chi connectivity index (χ2v) is 4.82. The van der Waals surface area contributed by atoms with Gasteiger partial charge in [0.25, 0.3) is 5.69 Å². The predicted octanol–water partition coefficient (Wildman–Crippen LogP) is 3.04. The van der Waals surface area contributed by atoms with E-state index >= 15 is 0 Å². The lowest BCUT2D eigenvalue weighted by Crippen LogP contribution is -1.92. The van der Waals surface area contributed by atoms with Gasteiger partial charge in [0, 0.05) is 23.7 Å². The third-order valence-corrected chi connectivity index (χ3v) is 3.30. The Balaban J connectivity index is 2.21. The van der Waals surface area contributed by atoms with E-state index in [0.717, 1.165) is 23.7 Å². The molecule has 82 valence electrons. The summed E-state index contributed by atoms with van der Waals surface area (Å²) in [6, 6.07) is 3.54. The summed E-state index contributed by atoms with van der Waals surface area (Å²) in [5, 5.41) is 15.9. The summed E-state index contributed by atoms with van der Waals surface area (Å²) in [7, 11) is 0. The molecule has 0 atom stereocenters. The van der Waals surface area contributed by atoms with Gasteiger partial charge in [-0.2, -0.15) is 5.10 Å². The van der Waals surface area contributed by atoms with Crippen LogP contribution in [0, 0.1) is 10.1 Å². The van der Waals surface area contributed by atoms with Crippen molar-refractivity contribution in [2.45, 2.75) is 18.9 Å². The van der Waals surface area contributed by atoms with Gasteiger partial charge < -0.3 is 0 Å². The standard InChI is InChI=1S/C10H8BrN3O2/c11-9-4-8(14(15)16)3-6-5-13(7-1-2-7)12-10(6)9/h3-5,7H,1-2H2. The van der Waals surface area contributed by atoms with E-state index < -0.39 is 4.92 Å². The molecule has 1 heterocycles. The largest absolute Gasteiger partial charge is 0.271 e. The second kappa shape index (κ2) is 3.28. The van der Waals surface area contributed by atoms with Gasteiger partial charge in [-0.15, -0.1) is 0 Å². The highest BCUT2D eigenvalue weighted by atomic mass is 79.9. The van der Waals surface area contributed by atoms with E-state index in [4.69, 9.17) is 0 Å². The van der Waals surface area contributed by atoms with E-state index in [2.05, 4.69) is 21.0 Å². The Morgan fingerprint density at radius 1 is 1.50 bits per heavy atom. The molecule has 1 aliphatic rings. The maximum absolute atomic E-state index is 10.7.